The molecular weight excluding hydrogens is 292 g/mol. The zero-order valence-corrected chi connectivity index (χ0v) is 13.4. The van der Waals surface area contributed by atoms with Gasteiger partial charge in [0.15, 0.2) is 0 Å². The second-order valence-corrected chi connectivity index (χ2v) is 5.92. The van der Waals surface area contributed by atoms with Crippen molar-refractivity contribution in [3.8, 4) is 5.75 Å². The van der Waals surface area contributed by atoms with Gasteiger partial charge in [-0.2, -0.15) is 5.10 Å². The van der Waals surface area contributed by atoms with Crippen LogP contribution in [0.2, 0.25) is 0 Å². The van der Waals surface area contributed by atoms with E-state index in [9.17, 15) is 4.79 Å². The summed E-state index contributed by atoms with van der Waals surface area (Å²) in [5, 5.41) is 4.01. The van der Waals surface area contributed by atoms with Gasteiger partial charge in [0.1, 0.15) is 24.5 Å². The molecular formula is C17H22N4O2. The minimum atomic E-state index is 0.175. The van der Waals surface area contributed by atoms with Crippen LogP contribution in [0.1, 0.15) is 24.8 Å². The van der Waals surface area contributed by atoms with Crippen molar-refractivity contribution in [2.24, 2.45) is 0 Å². The molecule has 1 saturated heterocycles. The first kappa shape index (κ1) is 15.5. The van der Waals surface area contributed by atoms with Crippen LogP contribution < -0.4 is 4.74 Å². The normalized spacial score (nSPS) is 15.6. The van der Waals surface area contributed by atoms with Crippen molar-refractivity contribution in [1.82, 2.24) is 19.7 Å². The fourth-order valence-electron chi connectivity index (χ4n) is 2.75. The molecule has 1 aliphatic heterocycles. The highest BCUT2D eigenvalue weighted by molar-refractivity contribution is 5.76. The van der Waals surface area contributed by atoms with Gasteiger partial charge in [0.2, 0.25) is 5.91 Å². The fraction of sp³-hybridized carbons (Fsp3) is 0.471. The first-order valence-corrected chi connectivity index (χ1v) is 8.04. The third-order valence-electron chi connectivity index (χ3n) is 4.14. The molecule has 0 bridgehead atoms. The summed E-state index contributed by atoms with van der Waals surface area (Å²) in [6.07, 6.45) is 5.53. The first-order valence-electron chi connectivity index (χ1n) is 8.04. The van der Waals surface area contributed by atoms with Gasteiger partial charge in [-0.3, -0.25) is 9.48 Å². The lowest BCUT2D eigenvalue weighted by Crippen LogP contribution is -2.42. The van der Waals surface area contributed by atoms with Gasteiger partial charge in [0.25, 0.3) is 0 Å². The van der Waals surface area contributed by atoms with E-state index in [2.05, 4.69) is 29.1 Å². The van der Waals surface area contributed by atoms with Crippen molar-refractivity contribution in [1.29, 1.82) is 0 Å². The lowest BCUT2D eigenvalue weighted by Gasteiger charge is -2.32. The highest BCUT2D eigenvalue weighted by Crippen LogP contribution is 2.20. The average Bonchev–Trinajstić information content (AvgIpc) is 3.09. The van der Waals surface area contributed by atoms with Gasteiger partial charge >= 0.3 is 0 Å². The van der Waals surface area contributed by atoms with E-state index in [1.54, 1.807) is 11.0 Å². The predicted octanol–water partition coefficient (Wildman–Crippen LogP) is 2.05. The number of hydrogen-bond donors (Lipinski definition) is 0. The Labute approximate surface area is 136 Å². The van der Waals surface area contributed by atoms with E-state index in [1.165, 1.54) is 11.9 Å². The molecule has 0 N–H and O–H groups in total. The summed E-state index contributed by atoms with van der Waals surface area (Å²) in [5.74, 6) is 1.08. The maximum atomic E-state index is 12.2. The summed E-state index contributed by atoms with van der Waals surface area (Å²) >= 11 is 0. The van der Waals surface area contributed by atoms with E-state index in [0.717, 1.165) is 31.7 Å². The van der Waals surface area contributed by atoms with Gasteiger partial charge in [-0.05, 0) is 19.1 Å². The molecule has 3 rings (SSSR count). The van der Waals surface area contributed by atoms with Crippen LogP contribution in [0.25, 0.3) is 0 Å². The van der Waals surface area contributed by atoms with Crippen LogP contribution in [0.5, 0.6) is 5.75 Å². The summed E-state index contributed by atoms with van der Waals surface area (Å²) in [7, 11) is 0. The van der Waals surface area contributed by atoms with Crippen molar-refractivity contribution in [2.75, 3.05) is 13.1 Å². The molecule has 6 nitrogen and oxygen atoms in total. The number of piperidine rings is 1. The van der Waals surface area contributed by atoms with Crippen LogP contribution in [0.15, 0.2) is 36.9 Å². The molecule has 1 amide bonds. The second-order valence-electron chi connectivity index (χ2n) is 5.92. The number of carbonyl (C=O) groups excluding carboxylic acids is 1. The van der Waals surface area contributed by atoms with Gasteiger partial charge in [0.05, 0.1) is 6.54 Å². The molecule has 1 aromatic carbocycles. The smallest absolute Gasteiger partial charge is 0.224 e. The van der Waals surface area contributed by atoms with Crippen molar-refractivity contribution in [3.63, 3.8) is 0 Å². The highest BCUT2D eigenvalue weighted by Gasteiger charge is 2.23. The van der Waals surface area contributed by atoms with E-state index in [4.69, 9.17) is 4.74 Å². The standard InChI is InChI=1S/C17H22N4O2/c1-14-2-4-15(5-3-14)23-16-6-9-20(10-7-16)17(22)8-11-21-13-18-12-19-21/h2-5,12-13,16H,6-11H2,1H3. The number of aryl methyl sites for hydroxylation is 2. The molecule has 0 spiro atoms. The quantitative estimate of drug-likeness (QED) is 0.847. The molecule has 0 atom stereocenters. The molecule has 0 radical (unpaired) electrons. The largest absolute Gasteiger partial charge is 0.490 e. The minimum Gasteiger partial charge on any atom is -0.490 e. The van der Waals surface area contributed by atoms with Gasteiger partial charge in [0, 0.05) is 32.4 Å². The van der Waals surface area contributed by atoms with Gasteiger partial charge in [-0.1, -0.05) is 17.7 Å². The van der Waals surface area contributed by atoms with E-state index >= 15 is 0 Å². The van der Waals surface area contributed by atoms with Crippen molar-refractivity contribution in [2.45, 2.75) is 38.8 Å². The number of likely N-dealkylation sites (tertiary alicyclic amines) is 1. The second kappa shape index (κ2) is 7.26. The Bertz CT molecular complexity index is 617. The Balaban J connectivity index is 1.42. The molecule has 1 aromatic heterocycles. The van der Waals surface area contributed by atoms with E-state index < -0.39 is 0 Å². The Morgan fingerprint density at radius 1 is 1.26 bits per heavy atom. The topological polar surface area (TPSA) is 60.2 Å². The van der Waals surface area contributed by atoms with Gasteiger partial charge < -0.3 is 9.64 Å². The maximum absolute atomic E-state index is 12.2. The molecule has 1 aliphatic rings. The fourth-order valence-corrected chi connectivity index (χ4v) is 2.75. The lowest BCUT2D eigenvalue weighted by molar-refractivity contribution is -0.133. The molecule has 0 unspecified atom stereocenters. The number of benzene rings is 1. The molecule has 0 aliphatic carbocycles. The van der Waals surface area contributed by atoms with Crippen LogP contribution in [-0.4, -0.2) is 44.8 Å². The Morgan fingerprint density at radius 3 is 2.65 bits per heavy atom. The van der Waals surface area contributed by atoms with Crippen LogP contribution in [0, 0.1) is 6.92 Å². The SMILES string of the molecule is Cc1ccc(OC2CCN(C(=O)CCn3cncn3)CC2)cc1. The van der Waals surface area contributed by atoms with Crippen LogP contribution in [0.3, 0.4) is 0 Å². The number of rotatable bonds is 5. The van der Waals surface area contributed by atoms with E-state index in [-0.39, 0.29) is 12.0 Å². The van der Waals surface area contributed by atoms with E-state index in [0.29, 0.717) is 13.0 Å². The Kier molecular flexibility index (Phi) is 4.90. The number of aromatic nitrogens is 3. The highest BCUT2D eigenvalue weighted by atomic mass is 16.5. The summed E-state index contributed by atoms with van der Waals surface area (Å²) in [6.45, 7) is 4.16. The first-order chi connectivity index (χ1) is 11.2. The third-order valence-corrected chi connectivity index (χ3v) is 4.14. The van der Waals surface area contributed by atoms with Crippen LogP contribution in [-0.2, 0) is 11.3 Å². The minimum absolute atomic E-state index is 0.175. The number of ether oxygens (including phenoxy) is 1. The maximum Gasteiger partial charge on any atom is 0.224 e. The Hall–Kier alpha value is -2.37. The summed E-state index contributed by atoms with van der Waals surface area (Å²) < 4.78 is 7.68. The number of amides is 1. The molecule has 122 valence electrons. The number of carbonyl (C=O) groups is 1. The Morgan fingerprint density at radius 2 is 2.00 bits per heavy atom. The third kappa shape index (κ3) is 4.31. The number of nitrogens with zero attached hydrogens (tertiary/aromatic N) is 4. The predicted molar refractivity (Wildman–Crippen MR) is 86.0 cm³/mol. The lowest BCUT2D eigenvalue weighted by atomic mass is 10.1. The summed E-state index contributed by atoms with van der Waals surface area (Å²) in [5.41, 5.74) is 1.23. The van der Waals surface area contributed by atoms with Gasteiger partial charge in [-0.25, -0.2) is 4.98 Å². The molecule has 23 heavy (non-hydrogen) atoms. The van der Waals surface area contributed by atoms with E-state index in [1.807, 2.05) is 17.0 Å². The summed E-state index contributed by atoms with van der Waals surface area (Å²) in [6, 6.07) is 8.12. The zero-order chi connectivity index (χ0) is 16.1. The molecule has 6 heteroatoms. The molecule has 2 aromatic rings. The zero-order valence-electron chi connectivity index (χ0n) is 13.4. The van der Waals surface area contributed by atoms with Crippen LogP contribution >= 0.6 is 0 Å². The monoisotopic (exact) mass is 314 g/mol. The van der Waals surface area contributed by atoms with Crippen molar-refractivity contribution in [3.05, 3.63) is 42.5 Å². The van der Waals surface area contributed by atoms with Crippen molar-refractivity contribution < 1.29 is 9.53 Å². The van der Waals surface area contributed by atoms with Gasteiger partial charge in [-0.15, -0.1) is 0 Å². The molecule has 2 heterocycles. The molecule has 0 saturated carbocycles. The van der Waals surface area contributed by atoms with Crippen LogP contribution in [0.4, 0.5) is 0 Å². The number of hydrogen-bond acceptors (Lipinski definition) is 4. The summed E-state index contributed by atoms with van der Waals surface area (Å²) in [4.78, 5) is 18.0. The molecule has 1 fully saturated rings. The average molecular weight is 314 g/mol. The van der Waals surface area contributed by atoms with Crippen molar-refractivity contribution >= 4 is 5.91 Å².